The first-order valence-electron chi connectivity index (χ1n) is 9.18. The minimum atomic E-state index is -0.0325. The van der Waals surface area contributed by atoms with Gasteiger partial charge in [-0.25, -0.2) is 0 Å². The van der Waals surface area contributed by atoms with Crippen LogP contribution in [0.25, 0.3) is 0 Å². The van der Waals surface area contributed by atoms with E-state index < -0.39 is 0 Å². The van der Waals surface area contributed by atoms with Crippen LogP contribution in [0.3, 0.4) is 0 Å². The highest BCUT2D eigenvalue weighted by atomic mass is 35.5. The molecule has 0 radical (unpaired) electrons. The number of hydrogen-bond donors (Lipinski definition) is 1. The molecule has 3 rings (SSSR count). The molecule has 1 amide bonds. The highest BCUT2D eigenvalue weighted by Crippen LogP contribution is 2.26. The van der Waals surface area contributed by atoms with Crippen molar-refractivity contribution in [3.63, 3.8) is 0 Å². The summed E-state index contributed by atoms with van der Waals surface area (Å²) in [5, 5.41) is 4.05. The number of nitrogens with zero attached hydrogens (tertiary/aromatic N) is 1. The second-order valence-electron chi connectivity index (χ2n) is 6.49. The van der Waals surface area contributed by atoms with Crippen LogP contribution in [0, 0.1) is 0 Å². The first kappa shape index (κ1) is 22.5. The summed E-state index contributed by atoms with van der Waals surface area (Å²) in [5.41, 5.74) is 1.70. The van der Waals surface area contributed by atoms with Crippen LogP contribution in [0.5, 0.6) is 5.75 Å². The van der Waals surface area contributed by atoms with Gasteiger partial charge in [0.25, 0.3) is 5.91 Å². The van der Waals surface area contributed by atoms with Gasteiger partial charge in [-0.15, -0.1) is 12.4 Å². The first-order valence-corrected chi connectivity index (χ1v) is 9.56. The number of ether oxygens (including phenoxy) is 2. The first-order chi connectivity index (χ1) is 13.2. The number of carbonyl (C=O) groups is 1. The molecule has 0 aromatic heterocycles. The van der Waals surface area contributed by atoms with E-state index in [1.54, 1.807) is 7.11 Å². The minimum Gasteiger partial charge on any atom is -0.494 e. The lowest BCUT2D eigenvalue weighted by molar-refractivity contribution is 0.0634. The Bertz CT molecular complexity index is 756. The molecule has 0 aliphatic carbocycles. The summed E-state index contributed by atoms with van der Waals surface area (Å²) in [6.07, 6.45) is 0.833. The topological polar surface area (TPSA) is 50.8 Å². The molecule has 1 fully saturated rings. The number of carbonyl (C=O) groups excluding carboxylic acids is 1. The monoisotopic (exact) mass is 424 g/mol. The Morgan fingerprint density at radius 3 is 2.71 bits per heavy atom. The maximum absolute atomic E-state index is 13.1. The van der Waals surface area contributed by atoms with Gasteiger partial charge in [-0.05, 0) is 42.0 Å². The lowest BCUT2D eigenvalue weighted by Crippen LogP contribution is -2.48. The van der Waals surface area contributed by atoms with E-state index in [1.807, 2.05) is 53.4 Å². The SMILES string of the molecule is COCCCOc1ccc(C(=O)N2CCNCC2c2cccc(Cl)c2)cc1.Cl. The molecular weight excluding hydrogens is 399 g/mol. The maximum atomic E-state index is 13.1. The van der Waals surface area contributed by atoms with E-state index >= 15 is 0 Å². The predicted octanol–water partition coefficient (Wildman–Crippen LogP) is 3.96. The van der Waals surface area contributed by atoms with Crippen LogP contribution in [0.15, 0.2) is 48.5 Å². The van der Waals surface area contributed by atoms with Crippen LogP contribution < -0.4 is 10.1 Å². The molecule has 5 nitrogen and oxygen atoms in total. The van der Waals surface area contributed by atoms with Gasteiger partial charge in [0.2, 0.25) is 0 Å². The Morgan fingerprint density at radius 2 is 2.00 bits per heavy atom. The van der Waals surface area contributed by atoms with E-state index in [-0.39, 0.29) is 24.4 Å². The van der Waals surface area contributed by atoms with Crippen molar-refractivity contribution in [2.24, 2.45) is 0 Å². The van der Waals surface area contributed by atoms with Crippen LogP contribution in [-0.2, 0) is 4.74 Å². The van der Waals surface area contributed by atoms with E-state index in [4.69, 9.17) is 21.1 Å². The predicted molar refractivity (Wildman–Crippen MR) is 114 cm³/mol. The van der Waals surface area contributed by atoms with Crippen LogP contribution in [0.4, 0.5) is 0 Å². The average Bonchev–Trinajstić information content (AvgIpc) is 2.71. The summed E-state index contributed by atoms with van der Waals surface area (Å²) in [5.74, 6) is 0.779. The van der Waals surface area contributed by atoms with Gasteiger partial charge >= 0.3 is 0 Å². The molecule has 1 atom stereocenters. The number of methoxy groups -OCH3 is 1. The highest BCUT2D eigenvalue weighted by Gasteiger charge is 2.28. The largest absolute Gasteiger partial charge is 0.494 e. The Morgan fingerprint density at radius 1 is 1.21 bits per heavy atom. The zero-order valence-electron chi connectivity index (χ0n) is 15.9. The molecule has 0 bridgehead atoms. The number of piperazine rings is 1. The summed E-state index contributed by atoms with van der Waals surface area (Å²) in [4.78, 5) is 15.0. The van der Waals surface area contributed by atoms with Crippen LogP contribution >= 0.6 is 24.0 Å². The van der Waals surface area contributed by atoms with Gasteiger partial charge in [0.1, 0.15) is 5.75 Å². The van der Waals surface area contributed by atoms with E-state index in [2.05, 4.69) is 5.32 Å². The van der Waals surface area contributed by atoms with E-state index in [0.29, 0.717) is 36.9 Å². The smallest absolute Gasteiger partial charge is 0.254 e. The summed E-state index contributed by atoms with van der Waals surface area (Å²) >= 11 is 6.14. The third-order valence-corrected chi connectivity index (χ3v) is 4.84. The van der Waals surface area contributed by atoms with Gasteiger partial charge < -0.3 is 19.7 Å². The van der Waals surface area contributed by atoms with Crippen molar-refractivity contribution >= 4 is 29.9 Å². The third kappa shape index (κ3) is 5.85. The average molecular weight is 425 g/mol. The van der Waals surface area contributed by atoms with Crippen LogP contribution in [0.1, 0.15) is 28.4 Å². The number of amides is 1. The normalized spacial score (nSPS) is 16.4. The molecule has 1 N–H and O–H groups in total. The molecule has 1 unspecified atom stereocenters. The number of hydrogen-bond acceptors (Lipinski definition) is 4. The molecule has 1 aliphatic heterocycles. The van der Waals surface area contributed by atoms with Crippen molar-refractivity contribution in [2.45, 2.75) is 12.5 Å². The molecular formula is C21H26Cl2N2O3. The fourth-order valence-electron chi connectivity index (χ4n) is 3.21. The van der Waals surface area contributed by atoms with E-state index in [1.165, 1.54) is 0 Å². The molecule has 2 aromatic rings. The minimum absolute atomic E-state index is 0. The van der Waals surface area contributed by atoms with Gasteiger partial charge in [-0.1, -0.05) is 23.7 Å². The molecule has 0 saturated carbocycles. The second-order valence-corrected chi connectivity index (χ2v) is 6.93. The van der Waals surface area contributed by atoms with Crippen molar-refractivity contribution in [3.05, 3.63) is 64.7 Å². The quantitative estimate of drug-likeness (QED) is 0.683. The van der Waals surface area contributed by atoms with Gasteiger partial charge in [-0.3, -0.25) is 4.79 Å². The highest BCUT2D eigenvalue weighted by molar-refractivity contribution is 6.30. The Balaban J connectivity index is 0.00000280. The van der Waals surface area contributed by atoms with Crippen molar-refractivity contribution in [3.8, 4) is 5.75 Å². The molecule has 0 spiro atoms. The fraction of sp³-hybridized carbons (Fsp3) is 0.381. The number of benzene rings is 2. The third-order valence-electron chi connectivity index (χ3n) is 4.60. The number of nitrogens with one attached hydrogen (secondary N) is 1. The van der Waals surface area contributed by atoms with Gasteiger partial charge in [-0.2, -0.15) is 0 Å². The van der Waals surface area contributed by atoms with E-state index in [9.17, 15) is 4.79 Å². The number of halogens is 2. The molecule has 1 saturated heterocycles. The standard InChI is InChI=1S/C21H25ClN2O3.ClH/c1-26-12-3-13-27-19-8-6-16(7-9-19)21(25)24-11-10-23-15-20(24)17-4-2-5-18(22)14-17;/h2,4-9,14,20,23H,3,10-13,15H2,1H3;1H. The summed E-state index contributed by atoms with van der Waals surface area (Å²) in [7, 11) is 1.67. The van der Waals surface area contributed by atoms with Gasteiger partial charge in [0, 0.05) is 50.4 Å². The summed E-state index contributed by atoms with van der Waals surface area (Å²) < 4.78 is 10.7. The summed E-state index contributed by atoms with van der Waals surface area (Å²) in [6.45, 7) is 3.42. The lowest BCUT2D eigenvalue weighted by atomic mass is 10.0. The molecule has 152 valence electrons. The summed E-state index contributed by atoms with van der Waals surface area (Å²) in [6, 6.07) is 15.0. The van der Waals surface area contributed by atoms with E-state index in [0.717, 1.165) is 24.3 Å². The number of rotatable bonds is 7. The van der Waals surface area contributed by atoms with Crippen molar-refractivity contribution in [1.82, 2.24) is 10.2 Å². The Kier molecular flexibility index (Phi) is 9.06. The van der Waals surface area contributed by atoms with Crippen molar-refractivity contribution in [2.75, 3.05) is 40.0 Å². The zero-order chi connectivity index (χ0) is 19.1. The lowest BCUT2D eigenvalue weighted by Gasteiger charge is -2.36. The Labute approximate surface area is 177 Å². The zero-order valence-corrected chi connectivity index (χ0v) is 17.5. The van der Waals surface area contributed by atoms with Crippen molar-refractivity contribution < 1.29 is 14.3 Å². The fourth-order valence-corrected chi connectivity index (χ4v) is 3.41. The molecule has 7 heteroatoms. The van der Waals surface area contributed by atoms with Gasteiger partial charge in [0.15, 0.2) is 0 Å². The molecule has 1 heterocycles. The molecule has 2 aromatic carbocycles. The maximum Gasteiger partial charge on any atom is 0.254 e. The Hall–Kier alpha value is -1.79. The molecule has 1 aliphatic rings. The second kappa shape index (κ2) is 11.3. The van der Waals surface area contributed by atoms with Crippen LogP contribution in [-0.4, -0.2) is 50.8 Å². The molecule has 28 heavy (non-hydrogen) atoms. The van der Waals surface area contributed by atoms with Crippen molar-refractivity contribution in [1.29, 1.82) is 0 Å². The van der Waals surface area contributed by atoms with Gasteiger partial charge in [0.05, 0.1) is 12.6 Å². The van der Waals surface area contributed by atoms with Crippen LogP contribution in [0.2, 0.25) is 5.02 Å².